The number of phenolic OH excluding ortho intramolecular Hbond substituents is 1. The van der Waals surface area contributed by atoms with Gasteiger partial charge >= 0.3 is 0 Å². The number of allylic oxidation sites excluding steroid dienone is 2. The van der Waals surface area contributed by atoms with Gasteiger partial charge in [0.05, 0.1) is 33.9 Å². The smallest absolute Gasteiger partial charge is 0.241 e. The second kappa shape index (κ2) is 9.13. The quantitative estimate of drug-likeness (QED) is 0.345. The van der Waals surface area contributed by atoms with E-state index in [2.05, 4.69) is 0 Å². The number of halogens is 3. The number of rotatable bonds is 2. The van der Waals surface area contributed by atoms with E-state index >= 15 is 0 Å². The zero-order valence-corrected chi connectivity index (χ0v) is 24.5. The molecule has 4 amide bonds. The van der Waals surface area contributed by atoms with E-state index in [1.807, 2.05) is 26.8 Å². The number of carbonyl (C=O) groups is 4. The summed E-state index contributed by atoms with van der Waals surface area (Å²) in [6.07, 6.45) is 2.44. The Hall–Kier alpha value is -3.23. The monoisotopic (exact) mass is 598 g/mol. The molecule has 41 heavy (non-hydrogen) atoms. The van der Waals surface area contributed by atoms with Crippen molar-refractivity contribution in [2.75, 3.05) is 4.90 Å². The van der Waals surface area contributed by atoms with Gasteiger partial charge in [0.2, 0.25) is 23.6 Å². The predicted molar refractivity (Wildman–Crippen MR) is 151 cm³/mol. The topological polar surface area (TPSA) is 95.0 Å². The molecule has 2 saturated heterocycles. The van der Waals surface area contributed by atoms with Gasteiger partial charge in [-0.2, -0.15) is 0 Å². The molecule has 3 fully saturated rings. The standard InChI is InChI=1S/C31H29Cl2FN2O5/c1-30(2,3)36-26(38)18-9-8-16-19(24(18)28(36)40)13-20-27(39)35(14-5-10-23(34)22(33)11-14)29(41)31(20,4)25(16)17-7-6-15(37)12-21(17)32/h5-8,10-12,18-20,24-25,37H,9,13H2,1-4H3/t18-,19+,20-,24-,25+,31+/m0/s1. The Kier molecular flexibility index (Phi) is 6.22. The van der Waals surface area contributed by atoms with Crippen LogP contribution in [0.15, 0.2) is 48.0 Å². The summed E-state index contributed by atoms with van der Waals surface area (Å²) in [4.78, 5) is 58.2. The average Bonchev–Trinajstić information content (AvgIpc) is 3.26. The van der Waals surface area contributed by atoms with Crippen LogP contribution in [-0.4, -0.2) is 39.2 Å². The summed E-state index contributed by atoms with van der Waals surface area (Å²) in [5.74, 6) is -5.52. The van der Waals surface area contributed by atoms with Gasteiger partial charge in [-0.3, -0.25) is 24.1 Å². The van der Waals surface area contributed by atoms with Gasteiger partial charge in [-0.25, -0.2) is 9.29 Å². The minimum Gasteiger partial charge on any atom is -0.508 e. The Morgan fingerprint density at radius 1 is 0.951 bits per heavy atom. The summed E-state index contributed by atoms with van der Waals surface area (Å²) in [6.45, 7) is 7.17. The molecule has 0 aromatic heterocycles. The highest BCUT2D eigenvalue weighted by atomic mass is 35.5. The highest BCUT2D eigenvalue weighted by Gasteiger charge is 2.68. The fraction of sp³-hybridized carbons (Fsp3) is 0.419. The van der Waals surface area contributed by atoms with Crippen LogP contribution in [0.1, 0.15) is 52.0 Å². The highest BCUT2D eigenvalue weighted by Crippen LogP contribution is 2.64. The van der Waals surface area contributed by atoms with Crippen molar-refractivity contribution in [2.45, 2.75) is 52.0 Å². The van der Waals surface area contributed by atoms with Crippen molar-refractivity contribution in [3.63, 3.8) is 0 Å². The Balaban J connectivity index is 1.53. The Morgan fingerprint density at radius 3 is 2.29 bits per heavy atom. The molecule has 1 saturated carbocycles. The third kappa shape index (κ3) is 3.83. The van der Waals surface area contributed by atoms with Gasteiger partial charge < -0.3 is 5.11 Å². The number of carbonyl (C=O) groups excluding carboxylic acids is 4. The average molecular weight is 599 g/mol. The van der Waals surface area contributed by atoms with E-state index in [4.69, 9.17) is 23.2 Å². The van der Waals surface area contributed by atoms with Gasteiger partial charge in [0.25, 0.3) is 0 Å². The number of likely N-dealkylation sites (tertiary alicyclic amines) is 1. The third-order valence-electron chi connectivity index (χ3n) is 9.40. The second-order valence-electron chi connectivity index (χ2n) is 12.6. The first-order chi connectivity index (χ1) is 19.2. The van der Waals surface area contributed by atoms with E-state index in [0.29, 0.717) is 12.0 Å². The molecule has 2 heterocycles. The lowest BCUT2D eigenvalue weighted by atomic mass is 9.51. The lowest BCUT2D eigenvalue weighted by Gasteiger charge is -2.49. The van der Waals surface area contributed by atoms with Crippen LogP contribution >= 0.6 is 23.2 Å². The summed E-state index contributed by atoms with van der Waals surface area (Å²) in [5.41, 5.74) is -0.556. The number of anilines is 1. The fourth-order valence-electron chi connectivity index (χ4n) is 7.64. The largest absolute Gasteiger partial charge is 0.508 e. The Bertz CT molecular complexity index is 1580. The SMILES string of the molecule is CC(C)(C)N1C(=O)[C@H]2[C@H](CC=C3[C@H]2C[C@H]2C(=O)N(c4ccc(F)c(Cl)c4)C(=O)[C@@]2(C)[C@H]3c2ccc(O)cc2Cl)C1=O. The zero-order chi connectivity index (χ0) is 29.8. The Morgan fingerprint density at radius 2 is 1.66 bits per heavy atom. The molecule has 214 valence electrons. The molecular formula is C31H29Cl2FN2O5. The van der Waals surface area contributed by atoms with Gasteiger partial charge in [-0.1, -0.05) is 40.9 Å². The Labute approximate surface area is 246 Å². The van der Waals surface area contributed by atoms with Crippen LogP contribution in [-0.2, 0) is 19.2 Å². The van der Waals surface area contributed by atoms with E-state index in [1.54, 1.807) is 13.0 Å². The first-order valence-electron chi connectivity index (χ1n) is 13.6. The number of imide groups is 2. The second-order valence-corrected chi connectivity index (χ2v) is 13.5. The molecule has 2 aromatic rings. The van der Waals surface area contributed by atoms with E-state index in [-0.39, 0.29) is 39.7 Å². The number of benzene rings is 2. The maximum Gasteiger partial charge on any atom is 0.241 e. The van der Waals surface area contributed by atoms with Crippen LogP contribution in [0, 0.1) is 34.9 Å². The van der Waals surface area contributed by atoms with Crippen molar-refractivity contribution in [1.29, 1.82) is 0 Å². The molecule has 0 bridgehead atoms. The maximum atomic E-state index is 14.4. The highest BCUT2D eigenvalue weighted by molar-refractivity contribution is 6.32. The first-order valence-corrected chi connectivity index (χ1v) is 14.3. The zero-order valence-electron chi connectivity index (χ0n) is 23.0. The molecular weight excluding hydrogens is 570 g/mol. The van der Waals surface area contributed by atoms with Gasteiger partial charge in [-0.05, 0) is 82.3 Å². The molecule has 6 atom stereocenters. The molecule has 2 aliphatic heterocycles. The molecule has 2 aromatic carbocycles. The summed E-state index contributed by atoms with van der Waals surface area (Å²) in [6, 6.07) is 8.18. The van der Waals surface area contributed by atoms with E-state index < -0.39 is 58.2 Å². The van der Waals surface area contributed by atoms with Crippen molar-refractivity contribution in [3.8, 4) is 5.75 Å². The van der Waals surface area contributed by atoms with Crippen molar-refractivity contribution in [1.82, 2.24) is 4.90 Å². The van der Waals surface area contributed by atoms with Gasteiger partial charge in [0.15, 0.2) is 0 Å². The third-order valence-corrected chi connectivity index (χ3v) is 10.0. The van der Waals surface area contributed by atoms with Crippen molar-refractivity contribution in [3.05, 3.63) is 69.5 Å². The molecule has 4 aliphatic rings. The first kappa shape index (κ1) is 27.9. The molecule has 0 spiro atoms. The number of amides is 4. The molecule has 10 heteroatoms. The van der Waals surface area contributed by atoms with Gasteiger partial charge in [-0.15, -0.1) is 0 Å². The number of nitrogens with zero attached hydrogens (tertiary/aromatic N) is 2. The molecule has 6 rings (SSSR count). The molecule has 0 unspecified atom stereocenters. The minimum atomic E-state index is -1.32. The molecule has 1 N–H and O–H groups in total. The summed E-state index contributed by atoms with van der Waals surface area (Å²) >= 11 is 12.7. The van der Waals surface area contributed by atoms with Crippen LogP contribution in [0.25, 0.3) is 0 Å². The number of hydrogen-bond acceptors (Lipinski definition) is 5. The molecule has 7 nitrogen and oxygen atoms in total. The van der Waals surface area contributed by atoms with Gasteiger partial charge in [0.1, 0.15) is 11.6 Å². The summed E-state index contributed by atoms with van der Waals surface area (Å²) < 4.78 is 14.0. The van der Waals surface area contributed by atoms with Crippen LogP contribution in [0.5, 0.6) is 5.75 Å². The number of hydrogen-bond donors (Lipinski definition) is 1. The van der Waals surface area contributed by atoms with E-state index in [9.17, 15) is 28.7 Å². The number of phenols is 1. The lowest BCUT2D eigenvalue weighted by Crippen LogP contribution is -2.49. The molecule has 0 radical (unpaired) electrons. The van der Waals surface area contributed by atoms with Crippen LogP contribution in [0.4, 0.5) is 10.1 Å². The molecule has 2 aliphatic carbocycles. The normalized spacial score (nSPS) is 31.3. The fourth-order valence-corrected chi connectivity index (χ4v) is 8.10. The van der Waals surface area contributed by atoms with Crippen LogP contribution < -0.4 is 4.90 Å². The van der Waals surface area contributed by atoms with Crippen molar-refractivity contribution >= 4 is 52.5 Å². The predicted octanol–water partition coefficient (Wildman–Crippen LogP) is 5.87. The summed E-state index contributed by atoms with van der Waals surface area (Å²) in [5, 5.41) is 10.1. The minimum absolute atomic E-state index is 0.0562. The van der Waals surface area contributed by atoms with Crippen LogP contribution in [0.2, 0.25) is 10.0 Å². The van der Waals surface area contributed by atoms with Crippen molar-refractivity contribution in [2.24, 2.45) is 29.1 Å². The van der Waals surface area contributed by atoms with Crippen LogP contribution in [0.3, 0.4) is 0 Å². The van der Waals surface area contributed by atoms with Gasteiger partial charge in [0, 0.05) is 16.5 Å². The lowest BCUT2D eigenvalue weighted by molar-refractivity contribution is -0.145. The number of fused-ring (bicyclic) bond motifs is 4. The van der Waals surface area contributed by atoms with E-state index in [1.165, 1.54) is 29.2 Å². The van der Waals surface area contributed by atoms with Crippen molar-refractivity contribution < 1.29 is 28.7 Å². The van der Waals surface area contributed by atoms with E-state index in [0.717, 1.165) is 16.5 Å². The number of aromatic hydroxyl groups is 1. The summed E-state index contributed by atoms with van der Waals surface area (Å²) in [7, 11) is 0. The maximum absolute atomic E-state index is 14.4.